The highest BCUT2D eigenvalue weighted by Gasteiger charge is 2.24. The molecule has 0 radical (unpaired) electrons. The van der Waals surface area contributed by atoms with Crippen LogP contribution in [0, 0.1) is 138 Å². The summed E-state index contributed by atoms with van der Waals surface area (Å²) >= 11 is 0. The number of hydrogen-bond donors (Lipinski definition) is 0. The summed E-state index contributed by atoms with van der Waals surface area (Å²) in [5.74, 6) is 53.9. The second-order valence-corrected chi connectivity index (χ2v) is 29.2. The Labute approximate surface area is 507 Å². The predicted octanol–water partition coefficient (Wildman–Crippen LogP) is 17.4. The lowest BCUT2D eigenvalue weighted by Crippen LogP contribution is -2.11. The number of allylic oxidation sites excluding steroid dienone is 4. The molecule has 1 aliphatic carbocycles. The van der Waals surface area contributed by atoms with Crippen molar-refractivity contribution in [3.8, 4) is 94.7 Å². The molecular weight excluding hydrogens is 1020 g/mol. The van der Waals surface area contributed by atoms with Gasteiger partial charge in [-0.2, -0.15) is 0 Å². The van der Waals surface area contributed by atoms with Crippen molar-refractivity contribution >= 4 is 0 Å². The number of nitrogens with zero attached hydrogens (tertiary/aromatic N) is 4. The molecule has 7 aliphatic rings. The Bertz CT molecular complexity index is 3220. The monoisotopic (exact) mass is 1100 g/mol. The summed E-state index contributed by atoms with van der Waals surface area (Å²) in [7, 11) is 0. The smallest absolute Gasteiger partial charge is 0.113 e. The molecule has 84 heavy (non-hydrogen) atoms. The van der Waals surface area contributed by atoms with Crippen LogP contribution in [-0.2, 0) is 0 Å². The minimum absolute atomic E-state index is 0.317. The van der Waals surface area contributed by atoms with Crippen LogP contribution in [0.4, 0.5) is 0 Å². The number of rotatable bonds is 0. The summed E-state index contributed by atoms with van der Waals surface area (Å²) in [6, 6.07) is 15.4. The molecule has 10 heterocycles. The van der Waals surface area contributed by atoms with Crippen LogP contribution in [0.3, 0.4) is 0 Å². The number of aromatic nitrogens is 4. The fraction of sp³-hybridized carbons (Fsp3) is 0.400. The van der Waals surface area contributed by atoms with Crippen molar-refractivity contribution < 1.29 is 0 Å². The van der Waals surface area contributed by atoms with Gasteiger partial charge in [0.1, 0.15) is 22.8 Å². The molecule has 0 saturated carbocycles. The van der Waals surface area contributed by atoms with Crippen LogP contribution >= 0.6 is 0 Å². The lowest BCUT2D eigenvalue weighted by molar-refractivity contribution is 0.508. The van der Waals surface area contributed by atoms with Crippen LogP contribution in [0.15, 0.2) is 141 Å². The molecule has 0 N–H and O–H groups in total. The van der Waals surface area contributed by atoms with Crippen LogP contribution in [-0.4, -0.2) is 19.9 Å². The van der Waals surface area contributed by atoms with E-state index in [4.69, 9.17) is 19.9 Å². The molecule has 11 rings (SSSR count). The Morgan fingerprint density at radius 1 is 0.190 bits per heavy atom. The highest BCUT2D eigenvalue weighted by Crippen LogP contribution is 2.33. The molecule has 4 aromatic heterocycles. The van der Waals surface area contributed by atoms with E-state index in [1.165, 1.54) is 0 Å². The minimum Gasteiger partial charge on any atom is -0.246 e. The van der Waals surface area contributed by atoms with E-state index in [1.54, 1.807) is 24.8 Å². The van der Waals surface area contributed by atoms with Crippen LogP contribution in [0.5, 0.6) is 0 Å². The van der Waals surface area contributed by atoms with Gasteiger partial charge in [-0.15, -0.1) is 0 Å². The maximum Gasteiger partial charge on any atom is 0.113 e. The van der Waals surface area contributed by atoms with Gasteiger partial charge in [0.15, 0.2) is 0 Å². The molecule has 0 spiro atoms. The molecule has 6 aliphatic heterocycles. The fourth-order valence-electron chi connectivity index (χ4n) is 6.96. The van der Waals surface area contributed by atoms with Gasteiger partial charge >= 0.3 is 0 Å². The van der Waals surface area contributed by atoms with Gasteiger partial charge in [0.05, 0.1) is 44.6 Å². The standard InChI is InChI=1S/C80H84N4/c1-73(2,3)61-33-25-57-29-41-70(81-53-57)46-38-66(78(16,17)18)50-63(75(7,8)9)35-27-59-31-43-72(83-55-59)48-40-68(80(22,23)24)52-64(76(10,11)12)36-28-60-32-44-71(84-56-60)47-39-67(79(19,20)21)51-62(74(4,5)6)34-26-58-30-42-69(82-54-58)45-37-65(49-61)77(13,14)15/h29-32,41-44,53-56H,1-24H3. The second kappa shape index (κ2) is 26.2. The topological polar surface area (TPSA) is 51.6 Å². The summed E-state index contributed by atoms with van der Waals surface area (Å²) in [6.45, 7) is 51.2. The van der Waals surface area contributed by atoms with Crippen molar-refractivity contribution in [2.45, 2.75) is 166 Å². The van der Waals surface area contributed by atoms with Crippen LogP contribution in [0.2, 0.25) is 0 Å². The molecule has 0 atom stereocenters. The van der Waals surface area contributed by atoms with Gasteiger partial charge < -0.3 is 0 Å². The number of pyridine rings is 4. The van der Waals surface area contributed by atoms with E-state index in [-0.39, 0.29) is 43.3 Å². The largest absolute Gasteiger partial charge is 0.246 e. The fourth-order valence-corrected chi connectivity index (χ4v) is 6.96. The first-order valence-corrected chi connectivity index (χ1v) is 28.7. The average Bonchev–Trinajstić information content (AvgIpc) is 3.59. The van der Waals surface area contributed by atoms with Gasteiger partial charge in [0.25, 0.3) is 0 Å². The van der Waals surface area contributed by atoms with Crippen molar-refractivity contribution in [3.05, 3.63) is 186 Å². The van der Waals surface area contributed by atoms with E-state index in [0.717, 1.165) is 66.8 Å². The first-order valence-electron chi connectivity index (χ1n) is 28.7. The molecule has 0 amide bonds. The first-order chi connectivity index (χ1) is 38.6. The Hall–Kier alpha value is -8.84. The van der Waals surface area contributed by atoms with Crippen molar-refractivity contribution in [2.24, 2.45) is 43.3 Å². The van der Waals surface area contributed by atoms with E-state index < -0.39 is 0 Å². The van der Waals surface area contributed by atoms with E-state index >= 15 is 0 Å². The zero-order chi connectivity index (χ0) is 62.7. The highest BCUT2D eigenvalue weighted by atomic mass is 14.7. The van der Waals surface area contributed by atoms with Gasteiger partial charge in [0.2, 0.25) is 0 Å². The molecule has 424 valence electrons. The third-order valence-corrected chi connectivity index (χ3v) is 12.6. The second-order valence-electron chi connectivity index (χ2n) is 29.2. The lowest BCUT2D eigenvalue weighted by atomic mass is 9.82. The van der Waals surface area contributed by atoms with Gasteiger partial charge in [-0.1, -0.05) is 260 Å². The molecular formula is C80H84N4. The normalized spacial score (nSPS) is 14.0. The van der Waals surface area contributed by atoms with E-state index in [9.17, 15) is 0 Å². The SMILES string of the molecule is CC(C)(C)C1=C=C(C(C)(C)C)C#Cc2ccc(cn2)C#CC(C(C)(C)C)=C=C(C(C)(C)C)C#Cc2ccc(cn2)C#CC(C(C)(C)C)=C=C(C(C)(C)C)C#Cc2ccc(cn2)C#CC(C(C)(C)C)=C=C(C(C)(C)C)C#Cc2ccc(cn2)C#C1. The Kier molecular flexibility index (Phi) is 20.6. The van der Waals surface area contributed by atoms with Gasteiger partial charge in [-0.3, -0.25) is 0 Å². The van der Waals surface area contributed by atoms with Crippen LogP contribution < -0.4 is 0 Å². The van der Waals surface area contributed by atoms with Crippen molar-refractivity contribution in [1.82, 2.24) is 19.9 Å². The quantitative estimate of drug-likeness (QED) is 0.130. The van der Waals surface area contributed by atoms with Crippen LogP contribution in [0.25, 0.3) is 0 Å². The molecule has 0 aromatic carbocycles. The molecule has 0 saturated heterocycles. The maximum atomic E-state index is 4.72. The molecule has 8 bridgehead atoms. The first kappa shape index (κ1) is 66.0. The Balaban J connectivity index is 1.76. The molecule has 0 unspecified atom stereocenters. The zero-order valence-electron chi connectivity index (χ0n) is 54.7. The third kappa shape index (κ3) is 20.9. The summed E-state index contributed by atoms with van der Waals surface area (Å²) < 4.78 is 0. The molecule has 0 fully saturated rings. The van der Waals surface area contributed by atoms with Crippen molar-refractivity contribution in [2.75, 3.05) is 0 Å². The molecule has 4 nitrogen and oxygen atoms in total. The lowest BCUT2D eigenvalue weighted by Gasteiger charge is -2.20. The molecule has 4 aromatic rings. The molecule has 4 heteroatoms. The zero-order valence-corrected chi connectivity index (χ0v) is 54.7. The summed E-state index contributed by atoms with van der Waals surface area (Å²) in [6.07, 6.45) is 7.06. The summed E-state index contributed by atoms with van der Waals surface area (Å²) in [5.41, 5.74) is 24.2. The third-order valence-electron chi connectivity index (χ3n) is 12.6. The van der Waals surface area contributed by atoms with E-state index in [2.05, 4.69) is 284 Å². The average molecular weight is 1100 g/mol. The number of hydrogen-bond acceptors (Lipinski definition) is 4. The predicted molar refractivity (Wildman–Crippen MR) is 350 cm³/mol. The Morgan fingerprint density at radius 2 is 0.333 bits per heavy atom. The van der Waals surface area contributed by atoms with Crippen molar-refractivity contribution in [3.63, 3.8) is 0 Å². The summed E-state index contributed by atoms with van der Waals surface area (Å²) in [4.78, 5) is 18.9. The highest BCUT2D eigenvalue weighted by molar-refractivity contribution is 5.53. The van der Waals surface area contributed by atoms with E-state index in [0.29, 0.717) is 22.8 Å². The summed E-state index contributed by atoms with van der Waals surface area (Å²) in [5, 5.41) is 0. The van der Waals surface area contributed by atoms with Crippen molar-refractivity contribution in [1.29, 1.82) is 0 Å². The van der Waals surface area contributed by atoms with Gasteiger partial charge in [-0.05, 0) is 72.2 Å². The van der Waals surface area contributed by atoms with Gasteiger partial charge in [0, 0.05) is 90.4 Å². The van der Waals surface area contributed by atoms with Gasteiger partial charge in [-0.25, -0.2) is 19.9 Å². The maximum absolute atomic E-state index is 4.72. The Morgan fingerprint density at radius 3 is 0.452 bits per heavy atom. The van der Waals surface area contributed by atoms with E-state index in [1.807, 2.05) is 48.5 Å². The van der Waals surface area contributed by atoms with Crippen LogP contribution in [0.1, 0.15) is 211 Å². The minimum atomic E-state index is -0.321.